The van der Waals surface area contributed by atoms with Crippen LogP contribution in [-0.2, 0) is 6.42 Å². The summed E-state index contributed by atoms with van der Waals surface area (Å²) < 4.78 is 5.76. The number of hydrogen-bond donors (Lipinski definition) is 2. The van der Waals surface area contributed by atoms with E-state index in [0.717, 1.165) is 23.9 Å². The van der Waals surface area contributed by atoms with Gasteiger partial charge in [-0.3, -0.25) is 0 Å². The molecule has 1 aliphatic carbocycles. The number of fused-ring (bicyclic) bond motifs is 2. The van der Waals surface area contributed by atoms with E-state index in [1.807, 2.05) is 18.2 Å². The van der Waals surface area contributed by atoms with Gasteiger partial charge >= 0.3 is 0 Å². The Morgan fingerprint density at radius 2 is 2.10 bits per heavy atom. The highest BCUT2D eigenvalue weighted by molar-refractivity contribution is 5.78. The molecule has 0 amide bonds. The first-order valence-corrected chi connectivity index (χ1v) is 7.30. The Kier molecular flexibility index (Phi) is 2.81. The Morgan fingerprint density at radius 3 is 3.05 bits per heavy atom. The molecular weight excluding hydrogens is 262 g/mol. The van der Waals surface area contributed by atoms with E-state index in [-0.39, 0.29) is 6.04 Å². The number of nitrogens with two attached hydrogens (primary N) is 1. The van der Waals surface area contributed by atoms with Gasteiger partial charge in [0.05, 0.1) is 6.04 Å². The molecule has 1 aliphatic rings. The van der Waals surface area contributed by atoms with Crippen molar-refractivity contribution >= 4 is 22.8 Å². The molecule has 0 aliphatic heterocycles. The molecule has 0 bridgehead atoms. The lowest BCUT2D eigenvalue weighted by molar-refractivity contribution is 0.555. The number of nitrogens with zero attached hydrogens (tertiary/aromatic N) is 1. The number of nitrogen functional groups attached to an aromatic ring is 1. The van der Waals surface area contributed by atoms with Gasteiger partial charge in [-0.15, -0.1) is 0 Å². The van der Waals surface area contributed by atoms with Crippen molar-refractivity contribution in [1.82, 2.24) is 4.98 Å². The van der Waals surface area contributed by atoms with Crippen LogP contribution in [0, 0.1) is 0 Å². The molecule has 0 spiro atoms. The predicted octanol–water partition coefficient (Wildman–Crippen LogP) is 3.90. The fourth-order valence-corrected chi connectivity index (χ4v) is 3.06. The molecule has 0 saturated carbocycles. The lowest BCUT2D eigenvalue weighted by Gasteiger charge is -2.25. The molecule has 106 valence electrons. The molecule has 3 N–H and O–H groups in total. The third-order valence-corrected chi connectivity index (χ3v) is 4.08. The summed E-state index contributed by atoms with van der Waals surface area (Å²) in [6, 6.07) is 14.9. The average molecular weight is 279 g/mol. The summed E-state index contributed by atoms with van der Waals surface area (Å²) in [5, 5.41) is 3.43. The summed E-state index contributed by atoms with van der Waals surface area (Å²) in [5.74, 6) is 0. The van der Waals surface area contributed by atoms with Gasteiger partial charge in [-0.25, -0.2) is 0 Å². The lowest BCUT2D eigenvalue weighted by atomic mass is 9.88. The van der Waals surface area contributed by atoms with Crippen molar-refractivity contribution in [3.8, 4) is 0 Å². The van der Waals surface area contributed by atoms with Crippen LogP contribution in [0.3, 0.4) is 0 Å². The smallest absolute Gasteiger partial charge is 0.296 e. The van der Waals surface area contributed by atoms with Crippen LogP contribution >= 0.6 is 0 Å². The minimum Gasteiger partial charge on any atom is -0.424 e. The fourth-order valence-electron chi connectivity index (χ4n) is 3.06. The molecule has 3 aromatic rings. The molecule has 4 heteroatoms. The van der Waals surface area contributed by atoms with Crippen molar-refractivity contribution in [1.29, 1.82) is 0 Å². The highest BCUT2D eigenvalue weighted by Gasteiger charge is 2.21. The quantitative estimate of drug-likeness (QED) is 0.698. The van der Waals surface area contributed by atoms with Gasteiger partial charge in [0.25, 0.3) is 6.01 Å². The molecule has 2 aromatic carbocycles. The predicted molar refractivity (Wildman–Crippen MR) is 84.2 cm³/mol. The van der Waals surface area contributed by atoms with Crippen LogP contribution in [0.5, 0.6) is 0 Å². The van der Waals surface area contributed by atoms with E-state index in [1.54, 1.807) is 0 Å². The number of anilines is 2. The third-order valence-electron chi connectivity index (χ3n) is 4.08. The summed E-state index contributed by atoms with van der Waals surface area (Å²) in [6.07, 6.45) is 3.43. The Bertz CT molecular complexity index is 794. The fraction of sp³-hybridized carbons (Fsp3) is 0.235. The second-order valence-corrected chi connectivity index (χ2v) is 5.53. The zero-order valence-corrected chi connectivity index (χ0v) is 11.7. The number of rotatable bonds is 2. The molecule has 0 saturated heterocycles. The molecule has 1 atom stereocenters. The van der Waals surface area contributed by atoms with Crippen LogP contribution in [0.15, 0.2) is 46.9 Å². The van der Waals surface area contributed by atoms with Crippen molar-refractivity contribution in [2.45, 2.75) is 25.3 Å². The second-order valence-electron chi connectivity index (χ2n) is 5.53. The minimum absolute atomic E-state index is 0.264. The van der Waals surface area contributed by atoms with E-state index in [2.05, 4.69) is 34.6 Å². The Balaban J connectivity index is 1.66. The molecule has 0 radical (unpaired) electrons. The number of aryl methyl sites for hydroxylation is 1. The van der Waals surface area contributed by atoms with Crippen LogP contribution in [0.4, 0.5) is 11.7 Å². The van der Waals surface area contributed by atoms with Gasteiger partial charge in [0.2, 0.25) is 0 Å². The Hall–Kier alpha value is -2.49. The zero-order valence-electron chi connectivity index (χ0n) is 11.7. The maximum Gasteiger partial charge on any atom is 0.296 e. The zero-order chi connectivity index (χ0) is 14.2. The molecule has 4 rings (SSSR count). The largest absolute Gasteiger partial charge is 0.424 e. The number of aromatic nitrogens is 1. The van der Waals surface area contributed by atoms with Crippen LogP contribution in [0.2, 0.25) is 0 Å². The maximum absolute atomic E-state index is 5.78. The first-order valence-electron chi connectivity index (χ1n) is 7.30. The molecule has 0 fully saturated rings. The van der Waals surface area contributed by atoms with Crippen molar-refractivity contribution < 1.29 is 4.42 Å². The first kappa shape index (κ1) is 12.3. The van der Waals surface area contributed by atoms with Crippen LogP contribution in [0.1, 0.15) is 30.0 Å². The van der Waals surface area contributed by atoms with Gasteiger partial charge in [0.15, 0.2) is 5.58 Å². The normalized spacial score (nSPS) is 17.6. The van der Waals surface area contributed by atoms with Gasteiger partial charge < -0.3 is 15.5 Å². The highest BCUT2D eigenvalue weighted by Crippen LogP contribution is 2.33. The molecule has 1 aromatic heterocycles. The van der Waals surface area contributed by atoms with Gasteiger partial charge in [0, 0.05) is 5.69 Å². The third kappa shape index (κ3) is 2.23. The van der Waals surface area contributed by atoms with Gasteiger partial charge in [-0.1, -0.05) is 24.3 Å². The van der Waals surface area contributed by atoms with Crippen molar-refractivity contribution in [2.75, 3.05) is 11.1 Å². The van der Waals surface area contributed by atoms with Crippen LogP contribution in [0.25, 0.3) is 11.1 Å². The standard InChI is InChI=1S/C17H17N3O/c18-12-8-9-16-15(10-12)20-17(21-16)19-14-7-3-5-11-4-1-2-6-13(11)14/h1-2,4,6,8-10,14H,3,5,7,18H2,(H,19,20). The van der Waals surface area contributed by atoms with Crippen molar-refractivity contribution in [3.63, 3.8) is 0 Å². The second kappa shape index (κ2) is 4.81. The number of nitrogens with one attached hydrogen (secondary N) is 1. The van der Waals surface area contributed by atoms with E-state index in [0.29, 0.717) is 11.7 Å². The summed E-state index contributed by atoms with van der Waals surface area (Å²) in [7, 11) is 0. The number of oxazole rings is 1. The van der Waals surface area contributed by atoms with E-state index in [4.69, 9.17) is 10.2 Å². The van der Waals surface area contributed by atoms with Crippen molar-refractivity contribution in [2.24, 2.45) is 0 Å². The van der Waals surface area contributed by atoms with Crippen molar-refractivity contribution in [3.05, 3.63) is 53.6 Å². The summed E-state index contributed by atoms with van der Waals surface area (Å²) in [6.45, 7) is 0. The number of benzene rings is 2. The SMILES string of the molecule is Nc1ccc2oc(NC3CCCc4ccccc43)nc2c1. The van der Waals surface area contributed by atoms with E-state index >= 15 is 0 Å². The molecule has 21 heavy (non-hydrogen) atoms. The van der Waals surface area contributed by atoms with Crippen LogP contribution in [-0.4, -0.2) is 4.98 Å². The Labute approximate surface area is 123 Å². The molecular formula is C17H17N3O. The van der Waals surface area contributed by atoms with E-state index < -0.39 is 0 Å². The highest BCUT2D eigenvalue weighted by atomic mass is 16.4. The van der Waals surface area contributed by atoms with Gasteiger partial charge in [-0.2, -0.15) is 4.98 Å². The van der Waals surface area contributed by atoms with Gasteiger partial charge in [0.1, 0.15) is 5.52 Å². The first-order chi connectivity index (χ1) is 10.3. The van der Waals surface area contributed by atoms with Crippen LogP contribution < -0.4 is 11.1 Å². The minimum atomic E-state index is 0.264. The Morgan fingerprint density at radius 1 is 1.19 bits per heavy atom. The number of hydrogen-bond acceptors (Lipinski definition) is 4. The molecule has 1 heterocycles. The topological polar surface area (TPSA) is 64.1 Å². The van der Waals surface area contributed by atoms with Gasteiger partial charge in [-0.05, 0) is 48.6 Å². The molecule has 4 nitrogen and oxygen atoms in total. The summed E-state index contributed by atoms with van der Waals surface area (Å²) in [5.41, 5.74) is 10.8. The van der Waals surface area contributed by atoms with E-state index in [1.165, 1.54) is 17.5 Å². The maximum atomic E-state index is 5.78. The lowest BCUT2D eigenvalue weighted by Crippen LogP contribution is -2.17. The van der Waals surface area contributed by atoms with E-state index in [9.17, 15) is 0 Å². The molecule has 1 unspecified atom stereocenters. The average Bonchev–Trinajstić information content (AvgIpc) is 2.89. The summed E-state index contributed by atoms with van der Waals surface area (Å²) >= 11 is 0. The summed E-state index contributed by atoms with van der Waals surface area (Å²) in [4.78, 5) is 4.48. The monoisotopic (exact) mass is 279 g/mol.